The summed E-state index contributed by atoms with van der Waals surface area (Å²) in [5.41, 5.74) is 0.507. The van der Waals surface area contributed by atoms with E-state index in [4.69, 9.17) is 0 Å². The topological polar surface area (TPSA) is 0 Å². The summed E-state index contributed by atoms with van der Waals surface area (Å²) in [6.07, 6.45) is 6.66. The van der Waals surface area contributed by atoms with Crippen molar-refractivity contribution in [2.45, 2.75) is 91.2 Å². The van der Waals surface area contributed by atoms with Gasteiger partial charge in [0.25, 0.3) is 0 Å². The van der Waals surface area contributed by atoms with Crippen molar-refractivity contribution in [2.24, 2.45) is 52.8 Å². The third-order valence-electron chi connectivity index (χ3n) is 9.82. The number of rotatable bonds is 2. The molecule has 4 rings (SSSR count). The van der Waals surface area contributed by atoms with Gasteiger partial charge in [-0.1, -0.05) is 27.2 Å². The molecule has 0 N–H and O–H groups in total. The first kappa shape index (κ1) is 19.1. The van der Waals surface area contributed by atoms with Crippen LogP contribution in [0.15, 0.2) is 0 Å². The Bertz CT molecular complexity index is 512. The van der Waals surface area contributed by atoms with Crippen LogP contribution in [0, 0.1) is 52.8 Å². The summed E-state index contributed by atoms with van der Waals surface area (Å²) >= 11 is 0. The third-order valence-corrected chi connectivity index (χ3v) is 9.82. The van der Waals surface area contributed by atoms with Gasteiger partial charge in [0.05, 0.1) is 5.92 Å². The van der Waals surface area contributed by atoms with Crippen LogP contribution in [0.2, 0.25) is 0 Å². The zero-order valence-electron chi connectivity index (χ0n) is 16.8. The quantitative estimate of drug-likeness (QED) is 0.472. The molecule has 0 heterocycles. The average Bonchev–Trinajstić information content (AvgIpc) is 2.96. The molecule has 0 aromatic heterocycles. The predicted molar refractivity (Wildman–Crippen MR) is 99.6 cm³/mol. The molecule has 4 saturated carbocycles. The summed E-state index contributed by atoms with van der Waals surface area (Å²) < 4.78 is 39.6. The Labute approximate surface area is 157 Å². The molecule has 0 nitrogen and oxygen atoms in total. The molecular weight excluding hydrogens is 333 g/mol. The van der Waals surface area contributed by atoms with Crippen LogP contribution in [0.25, 0.3) is 0 Å². The molecule has 0 radical (unpaired) electrons. The van der Waals surface area contributed by atoms with Gasteiger partial charge in [-0.3, -0.25) is 0 Å². The summed E-state index contributed by atoms with van der Waals surface area (Å²) in [5.74, 6) is 4.02. The third kappa shape index (κ3) is 2.94. The molecule has 0 aromatic rings. The molecule has 9 atom stereocenters. The van der Waals surface area contributed by atoms with Gasteiger partial charge in [-0.2, -0.15) is 13.2 Å². The Morgan fingerprint density at radius 3 is 2.35 bits per heavy atom. The van der Waals surface area contributed by atoms with Crippen molar-refractivity contribution in [2.75, 3.05) is 0 Å². The minimum absolute atomic E-state index is 0.354. The fourth-order valence-corrected chi connectivity index (χ4v) is 8.41. The molecule has 9 unspecified atom stereocenters. The van der Waals surface area contributed by atoms with E-state index in [0.717, 1.165) is 42.4 Å². The van der Waals surface area contributed by atoms with Gasteiger partial charge in [0, 0.05) is 0 Å². The number of fused-ring (bicyclic) bond motifs is 5. The van der Waals surface area contributed by atoms with Crippen molar-refractivity contribution < 1.29 is 13.2 Å². The lowest BCUT2D eigenvalue weighted by Gasteiger charge is -2.57. The average molecular weight is 371 g/mol. The SMILES string of the molecule is CCC(C)C1CCC2C3CCC4CC(C(F)(F)F)CCC4C3CCC12C. The predicted octanol–water partition coefficient (Wildman–Crippen LogP) is 7.48. The van der Waals surface area contributed by atoms with Crippen molar-refractivity contribution in [3.05, 3.63) is 0 Å². The van der Waals surface area contributed by atoms with Gasteiger partial charge in [0.15, 0.2) is 0 Å². The van der Waals surface area contributed by atoms with Crippen LogP contribution >= 0.6 is 0 Å². The minimum Gasteiger partial charge on any atom is -0.171 e. The van der Waals surface area contributed by atoms with Crippen LogP contribution in [0.4, 0.5) is 13.2 Å². The molecule has 4 aliphatic rings. The van der Waals surface area contributed by atoms with Gasteiger partial charge in [-0.05, 0) is 105 Å². The van der Waals surface area contributed by atoms with Gasteiger partial charge < -0.3 is 0 Å². The Hall–Kier alpha value is -0.210. The van der Waals surface area contributed by atoms with E-state index in [1.807, 2.05) is 0 Å². The normalized spacial score (nSPS) is 49.8. The van der Waals surface area contributed by atoms with E-state index in [2.05, 4.69) is 20.8 Å². The van der Waals surface area contributed by atoms with E-state index in [1.165, 1.54) is 38.5 Å². The van der Waals surface area contributed by atoms with Crippen molar-refractivity contribution in [1.82, 2.24) is 0 Å². The number of alkyl halides is 3. The standard InChI is InChI=1S/C23H37F3/c1-4-14(2)20-9-10-21-19-7-5-15-13-16(23(24,25)26)6-8-17(15)18(19)11-12-22(20,21)3/h14-21H,4-13H2,1-3H3. The molecule has 0 saturated heterocycles. The molecule has 0 spiro atoms. The Morgan fingerprint density at radius 2 is 1.65 bits per heavy atom. The molecule has 0 amide bonds. The van der Waals surface area contributed by atoms with Crippen LogP contribution in [0.3, 0.4) is 0 Å². The second-order valence-electron chi connectivity index (χ2n) is 10.6. The first-order valence-electron chi connectivity index (χ1n) is 11.3. The van der Waals surface area contributed by atoms with Crippen LogP contribution in [0.1, 0.15) is 85.0 Å². The maximum absolute atomic E-state index is 13.2. The van der Waals surface area contributed by atoms with E-state index in [9.17, 15) is 13.2 Å². The zero-order valence-corrected chi connectivity index (χ0v) is 16.8. The summed E-state index contributed by atoms with van der Waals surface area (Å²) in [7, 11) is 0. The van der Waals surface area contributed by atoms with Crippen LogP contribution in [-0.4, -0.2) is 6.18 Å². The molecule has 4 aliphatic carbocycles. The largest absolute Gasteiger partial charge is 0.391 e. The summed E-state index contributed by atoms with van der Waals surface area (Å²) in [6, 6.07) is 0. The molecule has 4 fully saturated rings. The number of halogens is 3. The first-order valence-corrected chi connectivity index (χ1v) is 11.3. The van der Waals surface area contributed by atoms with Crippen molar-refractivity contribution in [1.29, 1.82) is 0 Å². The summed E-state index contributed by atoms with van der Waals surface area (Å²) in [5, 5.41) is 0. The highest BCUT2D eigenvalue weighted by molar-refractivity contribution is 5.06. The summed E-state index contributed by atoms with van der Waals surface area (Å²) in [6.45, 7) is 7.35. The smallest absolute Gasteiger partial charge is 0.171 e. The lowest BCUT2D eigenvalue weighted by molar-refractivity contribution is -0.196. The van der Waals surface area contributed by atoms with E-state index in [-0.39, 0.29) is 0 Å². The molecule has 0 bridgehead atoms. The van der Waals surface area contributed by atoms with Crippen molar-refractivity contribution in [3.8, 4) is 0 Å². The highest BCUT2D eigenvalue weighted by atomic mass is 19.4. The molecule has 0 aliphatic heterocycles. The van der Waals surface area contributed by atoms with Gasteiger partial charge in [0.2, 0.25) is 0 Å². The number of hydrogen-bond donors (Lipinski definition) is 0. The molecule has 150 valence electrons. The maximum Gasteiger partial charge on any atom is 0.391 e. The lowest BCUT2D eigenvalue weighted by Crippen LogP contribution is -2.49. The van der Waals surface area contributed by atoms with Crippen molar-refractivity contribution in [3.63, 3.8) is 0 Å². The van der Waals surface area contributed by atoms with E-state index < -0.39 is 12.1 Å². The summed E-state index contributed by atoms with van der Waals surface area (Å²) in [4.78, 5) is 0. The second kappa shape index (κ2) is 6.69. The van der Waals surface area contributed by atoms with Gasteiger partial charge in [-0.25, -0.2) is 0 Å². The minimum atomic E-state index is -3.97. The van der Waals surface area contributed by atoms with Crippen LogP contribution in [-0.2, 0) is 0 Å². The molecule has 26 heavy (non-hydrogen) atoms. The van der Waals surface area contributed by atoms with E-state index >= 15 is 0 Å². The lowest BCUT2D eigenvalue weighted by atomic mass is 9.48. The number of hydrogen-bond acceptors (Lipinski definition) is 0. The second-order valence-corrected chi connectivity index (χ2v) is 10.6. The molecular formula is C23H37F3. The van der Waals surface area contributed by atoms with E-state index in [1.54, 1.807) is 0 Å². The first-order chi connectivity index (χ1) is 12.3. The van der Waals surface area contributed by atoms with E-state index in [0.29, 0.717) is 30.1 Å². The van der Waals surface area contributed by atoms with Crippen LogP contribution < -0.4 is 0 Å². The van der Waals surface area contributed by atoms with Gasteiger partial charge in [-0.15, -0.1) is 0 Å². The Balaban J connectivity index is 1.49. The highest BCUT2D eigenvalue weighted by Crippen LogP contribution is 2.66. The highest BCUT2D eigenvalue weighted by Gasteiger charge is 2.58. The Morgan fingerprint density at radius 1 is 0.923 bits per heavy atom. The molecule has 3 heteroatoms. The van der Waals surface area contributed by atoms with Crippen molar-refractivity contribution >= 4 is 0 Å². The maximum atomic E-state index is 13.2. The van der Waals surface area contributed by atoms with Crippen LogP contribution in [0.5, 0.6) is 0 Å². The molecule has 0 aromatic carbocycles. The zero-order chi connectivity index (χ0) is 18.7. The Kier molecular flexibility index (Phi) is 4.92. The monoisotopic (exact) mass is 370 g/mol. The fraction of sp³-hybridized carbons (Fsp3) is 1.00. The van der Waals surface area contributed by atoms with Gasteiger partial charge in [0.1, 0.15) is 0 Å². The fourth-order valence-electron chi connectivity index (χ4n) is 8.41. The van der Waals surface area contributed by atoms with Gasteiger partial charge >= 0.3 is 6.18 Å².